The maximum Gasteiger partial charge on any atom is 0.419 e. The predicted molar refractivity (Wildman–Crippen MR) is 49.2 cm³/mol. The summed E-state index contributed by atoms with van der Waals surface area (Å²) in [5.74, 6) is -2.12. The number of ether oxygens (including phenoxy) is 1. The van der Waals surface area contributed by atoms with Gasteiger partial charge in [-0.15, -0.1) is 0 Å². The molecule has 1 aromatic carbocycles. The Hall–Kier alpha value is -2.23. The number of phenols is 1. The van der Waals surface area contributed by atoms with Crippen LogP contribution in [0.3, 0.4) is 0 Å². The maximum atomic E-state index is 12.4. The summed E-state index contributed by atoms with van der Waals surface area (Å²) in [5.41, 5.74) is -2.30. The third-order valence-electron chi connectivity index (χ3n) is 1.97. The predicted octanol–water partition coefficient (Wildman–Crippen LogP) is 2.07. The summed E-state index contributed by atoms with van der Waals surface area (Å²) in [4.78, 5) is 11.1. The number of phenolic OH excluding ortho intramolecular Hbond substituents is 1. The Morgan fingerprint density at radius 3 is 2.47 bits per heavy atom. The van der Waals surface area contributed by atoms with Gasteiger partial charge in [0.15, 0.2) is 0 Å². The van der Waals surface area contributed by atoms with Crippen molar-refractivity contribution in [1.29, 1.82) is 5.26 Å². The average Bonchev–Trinajstić information content (AvgIpc) is 2.26. The van der Waals surface area contributed by atoms with Crippen molar-refractivity contribution in [3.63, 3.8) is 0 Å². The Morgan fingerprint density at radius 2 is 2.06 bits per heavy atom. The van der Waals surface area contributed by atoms with Gasteiger partial charge in [-0.3, -0.25) is 0 Å². The fourth-order valence-electron chi connectivity index (χ4n) is 1.19. The number of rotatable bonds is 1. The lowest BCUT2D eigenvalue weighted by Gasteiger charge is -2.11. The summed E-state index contributed by atoms with van der Waals surface area (Å²) < 4.78 is 41.5. The monoisotopic (exact) mass is 245 g/mol. The van der Waals surface area contributed by atoms with Crippen LogP contribution >= 0.6 is 0 Å². The van der Waals surface area contributed by atoms with E-state index in [9.17, 15) is 18.0 Å². The third-order valence-corrected chi connectivity index (χ3v) is 1.97. The highest BCUT2D eigenvalue weighted by Crippen LogP contribution is 2.37. The topological polar surface area (TPSA) is 70.3 Å². The second kappa shape index (κ2) is 4.33. The molecule has 1 aromatic rings. The van der Waals surface area contributed by atoms with Crippen LogP contribution in [0.1, 0.15) is 21.5 Å². The standard InChI is InChI=1S/C10H6F3NO3/c1-17-9(16)6-3-8(15)7(10(11,12)13)2-5(6)4-14/h2-3,15H,1H3. The molecule has 0 bridgehead atoms. The van der Waals surface area contributed by atoms with E-state index in [0.29, 0.717) is 12.1 Å². The minimum atomic E-state index is -4.80. The molecule has 0 saturated carbocycles. The molecule has 0 unspecified atom stereocenters. The molecule has 0 fully saturated rings. The summed E-state index contributed by atoms with van der Waals surface area (Å²) >= 11 is 0. The summed E-state index contributed by atoms with van der Waals surface area (Å²) in [5, 5.41) is 17.8. The Balaban J connectivity index is 3.47. The van der Waals surface area contributed by atoms with Gasteiger partial charge < -0.3 is 9.84 Å². The van der Waals surface area contributed by atoms with E-state index in [1.54, 1.807) is 0 Å². The number of methoxy groups -OCH3 is 1. The highest BCUT2D eigenvalue weighted by molar-refractivity contribution is 5.92. The average molecular weight is 245 g/mol. The molecule has 0 amide bonds. The van der Waals surface area contributed by atoms with Gasteiger partial charge in [0.25, 0.3) is 0 Å². The van der Waals surface area contributed by atoms with Gasteiger partial charge in [-0.05, 0) is 12.1 Å². The zero-order valence-electron chi connectivity index (χ0n) is 8.50. The molecule has 7 heteroatoms. The molecule has 4 nitrogen and oxygen atoms in total. The van der Waals surface area contributed by atoms with Crippen molar-refractivity contribution in [3.8, 4) is 11.8 Å². The van der Waals surface area contributed by atoms with Gasteiger partial charge >= 0.3 is 12.1 Å². The fourth-order valence-corrected chi connectivity index (χ4v) is 1.19. The minimum Gasteiger partial charge on any atom is -0.507 e. The number of aromatic hydroxyl groups is 1. The number of nitriles is 1. The first-order valence-electron chi connectivity index (χ1n) is 4.24. The van der Waals surface area contributed by atoms with Crippen molar-refractivity contribution in [1.82, 2.24) is 0 Å². The third kappa shape index (κ3) is 2.47. The zero-order chi connectivity index (χ0) is 13.2. The van der Waals surface area contributed by atoms with Gasteiger partial charge in [0, 0.05) is 0 Å². The Labute approximate surface area is 93.8 Å². The number of carbonyl (C=O) groups is 1. The molecule has 0 aliphatic rings. The molecule has 1 N–H and O–H groups in total. The second-order valence-corrected chi connectivity index (χ2v) is 3.02. The molecule has 0 saturated heterocycles. The molecule has 0 aliphatic carbocycles. The molecule has 0 heterocycles. The van der Waals surface area contributed by atoms with Crippen molar-refractivity contribution in [2.24, 2.45) is 0 Å². The molecule has 0 aromatic heterocycles. The smallest absolute Gasteiger partial charge is 0.419 e. The molecule has 0 spiro atoms. The molecular weight excluding hydrogens is 239 g/mol. The van der Waals surface area contributed by atoms with Crippen molar-refractivity contribution in [3.05, 3.63) is 28.8 Å². The van der Waals surface area contributed by atoms with Gasteiger partial charge in [-0.25, -0.2) is 4.79 Å². The number of alkyl halides is 3. The minimum absolute atomic E-state index is 0.404. The number of carbonyl (C=O) groups excluding carboxylic acids is 1. The highest BCUT2D eigenvalue weighted by Gasteiger charge is 2.35. The van der Waals surface area contributed by atoms with Crippen LogP contribution < -0.4 is 0 Å². The van der Waals surface area contributed by atoms with Gasteiger partial charge in [0.2, 0.25) is 0 Å². The van der Waals surface area contributed by atoms with Crippen LogP contribution in [0, 0.1) is 11.3 Å². The summed E-state index contributed by atoms with van der Waals surface area (Å²) in [6.45, 7) is 0. The van der Waals surface area contributed by atoms with E-state index in [1.807, 2.05) is 0 Å². The molecule has 1 rings (SSSR count). The fraction of sp³-hybridized carbons (Fsp3) is 0.200. The van der Waals surface area contributed by atoms with Crippen LogP contribution in [0.4, 0.5) is 13.2 Å². The van der Waals surface area contributed by atoms with Crippen LogP contribution in [-0.4, -0.2) is 18.2 Å². The van der Waals surface area contributed by atoms with Gasteiger partial charge in [0.1, 0.15) is 11.8 Å². The number of nitrogens with zero attached hydrogens (tertiary/aromatic N) is 1. The Morgan fingerprint density at radius 1 is 1.47 bits per heavy atom. The first-order valence-corrected chi connectivity index (χ1v) is 4.24. The van der Waals surface area contributed by atoms with E-state index in [1.165, 1.54) is 6.07 Å². The lowest BCUT2D eigenvalue weighted by atomic mass is 10.0. The van der Waals surface area contributed by atoms with Crippen molar-refractivity contribution in [2.75, 3.05) is 7.11 Å². The zero-order valence-corrected chi connectivity index (χ0v) is 8.50. The number of hydrogen-bond donors (Lipinski definition) is 1. The highest BCUT2D eigenvalue weighted by atomic mass is 19.4. The summed E-state index contributed by atoms with van der Waals surface area (Å²) in [6, 6.07) is 2.41. The Bertz CT molecular complexity index is 503. The van der Waals surface area contributed by atoms with E-state index in [0.717, 1.165) is 7.11 Å². The van der Waals surface area contributed by atoms with Gasteiger partial charge in [0.05, 0.1) is 23.8 Å². The quantitative estimate of drug-likeness (QED) is 0.769. The molecule has 90 valence electrons. The van der Waals surface area contributed by atoms with Crippen LogP contribution in [-0.2, 0) is 10.9 Å². The van der Waals surface area contributed by atoms with Gasteiger partial charge in [-0.1, -0.05) is 0 Å². The van der Waals surface area contributed by atoms with E-state index < -0.39 is 34.6 Å². The van der Waals surface area contributed by atoms with Crippen molar-refractivity contribution in [2.45, 2.75) is 6.18 Å². The van der Waals surface area contributed by atoms with Crippen LogP contribution in [0.25, 0.3) is 0 Å². The summed E-state index contributed by atoms with van der Waals surface area (Å²) in [7, 11) is 1.01. The number of esters is 1. The number of halogens is 3. The van der Waals surface area contributed by atoms with E-state index >= 15 is 0 Å². The lowest BCUT2D eigenvalue weighted by molar-refractivity contribution is -0.138. The Kier molecular flexibility index (Phi) is 3.27. The number of benzene rings is 1. The molecule has 0 aliphatic heterocycles. The first kappa shape index (κ1) is 12.8. The number of hydrogen-bond acceptors (Lipinski definition) is 4. The van der Waals surface area contributed by atoms with Crippen LogP contribution in [0.15, 0.2) is 12.1 Å². The van der Waals surface area contributed by atoms with Crippen LogP contribution in [0.2, 0.25) is 0 Å². The molecule has 0 atom stereocenters. The van der Waals surface area contributed by atoms with Crippen LogP contribution in [0.5, 0.6) is 5.75 Å². The van der Waals surface area contributed by atoms with E-state index in [4.69, 9.17) is 10.4 Å². The van der Waals surface area contributed by atoms with Crippen molar-refractivity contribution >= 4 is 5.97 Å². The van der Waals surface area contributed by atoms with E-state index in [2.05, 4.69) is 4.74 Å². The summed E-state index contributed by atoms with van der Waals surface area (Å²) in [6.07, 6.45) is -4.80. The van der Waals surface area contributed by atoms with Crippen molar-refractivity contribution < 1.29 is 27.8 Å². The molecular formula is C10H6F3NO3. The molecule has 0 radical (unpaired) electrons. The second-order valence-electron chi connectivity index (χ2n) is 3.02. The molecule has 17 heavy (non-hydrogen) atoms. The maximum absolute atomic E-state index is 12.4. The normalized spacial score (nSPS) is 10.8. The lowest BCUT2D eigenvalue weighted by Crippen LogP contribution is -2.10. The SMILES string of the molecule is COC(=O)c1cc(O)c(C(F)(F)F)cc1C#N. The van der Waals surface area contributed by atoms with E-state index in [-0.39, 0.29) is 0 Å². The first-order chi connectivity index (χ1) is 7.81. The largest absolute Gasteiger partial charge is 0.507 e. The van der Waals surface area contributed by atoms with Gasteiger partial charge in [-0.2, -0.15) is 18.4 Å².